The molecule has 1 saturated heterocycles. The Kier molecular flexibility index (Phi) is 5.22. The molecule has 1 fully saturated rings. The van der Waals surface area contributed by atoms with E-state index in [0.717, 1.165) is 42.8 Å². The van der Waals surface area contributed by atoms with Crippen LogP contribution in [0.25, 0.3) is 0 Å². The number of nitrogens with zero attached hydrogens (tertiary/aromatic N) is 2. The van der Waals surface area contributed by atoms with Crippen LogP contribution < -0.4 is 5.32 Å². The van der Waals surface area contributed by atoms with Gasteiger partial charge in [-0.2, -0.15) is 0 Å². The van der Waals surface area contributed by atoms with Gasteiger partial charge in [0.25, 0.3) is 0 Å². The molecule has 0 atom stereocenters. The Morgan fingerprint density at radius 3 is 2.94 bits per heavy atom. The van der Waals surface area contributed by atoms with Crippen LogP contribution in [0, 0.1) is 0 Å². The molecule has 1 aromatic rings. The molecule has 100 valence electrons. The monoisotopic (exact) mass is 269 g/mol. The highest BCUT2D eigenvalue weighted by molar-refractivity contribution is 8.00. The first-order valence-corrected chi connectivity index (χ1v) is 7.05. The first kappa shape index (κ1) is 13.6. The lowest BCUT2D eigenvalue weighted by Crippen LogP contribution is -2.30. The summed E-state index contributed by atoms with van der Waals surface area (Å²) in [7, 11) is 1.65. The molecule has 0 spiro atoms. The highest BCUT2D eigenvalue weighted by atomic mass is 32.2. The minimum atomic E-state index is 0.441. The van der Waals surface area contributed by atoms with Crippen molar-refractivity contribution in [3.05, 3.63) is 11.9 Å². The second-order valence-corrected chi connectivity index (χ2v) is 5.47. The van der Waals surface area contributed by atoms with Gasteiger partial charge < -0.3 is 14.8 Å². The summed E-state index contributed by atoms with van der Waals surface area (Å²) in [5, 5.41) is 4.80. The van der Waals surface area contributed by atoms with Crippen LogP contribution in [0.4, 0.5) is 5.82 Å². The molecule has 0 radical (unpaired) electrons. The lowest BCUT2D eigenvalue weighted by atomic mass is 10.4. The zero-order valence-corrected chi connectivity index (χ0v) is 11.6. The Morgan fingerprint density at radius 1 is 1.50 bits per heavy atom. The van der Waals surface area contributed by atoms with Crippen molar-refractivity contribution in [2.24, 2.45) is 0 Å². The molecule has 5 nitrogen and oxygen atoms in total. The fraction of sp³-hybridized carbons (Fsp3) is 0.667. The van der Waals surface area contributed by atoms with E-state index in [9.17, 15) is 0 Å². The Labute approximate surface area is 112 Å². The van der Waals surface area contributed by atoms with Crippen molar-refractivity contribution in [1.29, 1.82) is 0 Å². The molecule has 1 aliphatic heterocycles. The maximum absolute atomic E-state index is 5.18. The summed E-state index contributed by atoms with van der Waals surface area (Å²) in [6.07, 6.45) is 1.07. The third-order valence-electron chi connectivity index (χ3n) is 2.47. The number of rotatable bonds is 7. The lowest BCUT2D eigenvalue weighted by molar-refractivity contribution is 0.0454. The van der Waals surface area contributed by atoms with Gasteiger partial charge in [0.15, 0.2) is 5.82 Å². The number of aromatic nitrogens is 2. The lowest BCUT2D eigenvalue weighted by Gasteiger charge is -2.24. The average Bonchev–Trinajstić information content (AvgIpc) is 2.32. The number of methoxy groups -OCH3 is 1. The molecule has 1 N–H and O–H groups in total. The topological polar surface area (TPSA) is 56.3 Å². The predicted octanol–water partition coefficient (Wildman–Crippen LogP) is 1.94. The molecule has 2 rings (SSSR count). The van der Waals surface area contributed by atoms with Gasteiger partial charge >= 0.3 is 0 Å². The highest BCUT2D eigenvalue weighted by Gasteiger charge is 2.20. The van der Waals surface area contributed by atoms with E-state index in [1.165, 1.54) is 0 Å². The Morgan fingerprint density at radius 2 is 2.33 bits per heavy atom. The normalized spacial score (nSPS) is 15.4. The van der Waals surface area contributed by atoms with Crippen molar-refractivity contribution in [3.8, 4) is 0 Å². The van der Waals surface area contributed by atoms with E-state index in [-0.39, 0.29) is 0 Å². The molecular formula is C12H19N3O2S. The summed E-state index contributed by atoms with van der Waals surface area (Å²) in [4.78, 5) is 8.90. The summed E-state index contributed by atoms with van der Waals surface area (Å²) in [5.41, 5.74) is 0. The highest BCUT2D eigenvalue weighted by Crippen LogP contribution is 2.27. The van der Waals surface area contributed by atoms with Gasteiger partial charge in [-0.25, -0.2) is 9.97 Å². The smallest absolute Gasteiger partial charge is 0.157 e. The van der Waals surface area contributed by atoms with Crippen LogP contribution in [0.15, 0.2) is 11.1 Å². The van der Waals surface area contributed by atoms with Crippen molar-refractivity contribution < 1.29 is 9.47 Å². The zero-order valence-electron chi connectivity index (χ0n) is 10.8. The van der Waals surface area contributed by atoms with E-state index in [1.807, 2.05) is 6.07 Å². The van der Waals surface area contributed by atoms with Gasteiger partial charge in [-0.1, -0.05) is 18.7 Å². The molecule has 1 aromatic heterocycles. The predicted molar refractivity (Wildman–Crippen MR) is 72.0 cm³/mol. The number of nitrogens with one attached hydrogen (secondary N) is 1. The maximum Gasteiger partial charge on any atom is 0.157 e. The molecule has 0 unspecified atom stereocenters. The van der Waals surface area contributed by atoms with Gasteiger partial charge in [-0.05, 0) is 6.42 Å². The maximum atomic E-state index is 5.18. The SMILES string of the molecule is CCCNc1cc(SC2COC2)nc(COC)n1. The second kappa shape index (κ2) is 6.92. The fourth-order valence-corrected chi connectivity index (χ4v) is 2.53. The van der Waals surface area contributed by atoms with Crippen LogP contribution in [0.2, 0.25) is 0 Å². The summed E-state index contributed by atoms with van der Waals surface area (Å²) in [6.45, 7) is 5.11. The van der Waals surface area contributed by atoms with E-state index in [0.29, 0.717) is 11.9 Å². The minimum absolute atomic E-state index is 0.441. The molecule has 18 heavy (non-hydrogen) atoms. The molecule has 1 aliphatic rings. The molecule has 0 aliphatic carbocycles. The van der Waals surface area contributed by atoms with Gasteiger partial charge in [0.2, 0.25) is 0 Å². The number of anilines is 1. The standard InChI is InChI=1S/C12H19N3O2S/c1-3-4-13-10-5-12(18-9-6-17-7-9)15-11(14-10)8-16-2/h5,9H,3-4,6-8H2,1-2H3,(H,13,14,15). The molecule has 0 saturated carbocycles. The minimum Gasteiger partial charge on any atom is -0.379 e. The quantitative estimate of drug-likeness (QED) is 0.763. The van der Waals surface area contributed by atoms with Crippen LogP contribution in [0.5, 0.6) is 0 Å². The van der Waals surface area contributed by atoms with Crippen LogP contribution in [0.3, 0.4) is 0 Å². The van der Waals surface area contributed by atoms with Crippen molar-refractivity contribution in [2.45, 2.75) is 30.2 Å². The average molecular weight is 269 g/mol. The fourth-order valence-electron chi connectivity index (χ4n) is 1.52. The van der Waals surface area contributed by atoms with Gasteiger partial charge in [-0.3, -0.25) is 0 Å². The summed E-state index contributed by atoms with van der Waals surface area (Å²) in [5.74, 6) is 1.60. The third-order valence-corrected chi connectivity index (χ3v) is 3.53. The van der Waals surface area contributed by atoms with Gasteiger partial charge in [0.1, 0.15) is 17.5 Å². The van der Waals surface area contributed by atoms with Gasteiger partial charge in [-0.15, -0.1) is 0 Å². The van der Waals surface area contributed by atoms with Crippen LogP contribution in [-0.2, 0) is 16.1 Å². The van der Waals surface area contributed by atoms with E-state index < -0.39 is 0 Å². The number of thioether (sulfide) groups is 1. The number of ether oxygens (including phenoxy) is 2. The molecule has 6 heteroatoms. The van der Waals surface area contributed by atoms with E-state index in [2.05, 4.69) is 22.2 Å². The second-order valence-electron chi connectivity index (χ2n) is 4.14. The number of hydrogen-bond acceptors (Lipinski definition) is 6. The largest absolute Gasteiger partial charge is 0.379 e. The molecule has 2 heterocycles. The summed E-state index contributed by atoms with van der Waals surface area (Å²) in [6, 6.07) is 2.00. The molecular weight excluding hydrogens is 250 g/mol. The Hall–Kier alpha value is -0.850. The van der Waals surface area contributed by atoms with Crippen molar-refractivity contribution in [1.82, 2.24) is 9.97 Å². The van der Waals surface area contributed by atoms with Crippen LogP contribution in [0.1, 0.15) is 19.2 Å². The van der Waals surface area contributed by atoms with Crippen molar-refractivity contribution in [3.63, 3.8) is 0 Å². The molecule has 0 bridgehead atoms. The van der Waals surface area contributed by atoms with E-state index in [4.69, 9.17) is 9.47 Å². The summed E-state index contributed by atoms with van der Waals surface area (Å²) >= 11 is 1.75. The summed E-state index contributed by atoms with van der Waals surface area (Å²) < 4.78 is 10.3. The third kappa shape index (κ3) is 3.83. The first-order chi connectivity index (χ1) is 8.81. The molecule has 0 amide bonds. The van der Waals surface area contributed by atoms with Crippen LogP contribution >= 0.6 is 11.8 Å². The van der Waals surface area contributed by atoms with Gasteiger partial charge in [0, 0.05) is 19.7 Å². The number of hydrogen-bond donors (Lipinski definition) is 1. The van der Waals surface area contributed by atoms with Crippen LogP contribution in [-0.4, -0.2) is 42.1 Å². The Balaban J connectivity index is 2.07. The van der Waals surface area contributed by atoms with Gasteiger partial charge in [0.05, 0.1) is 18.5 Å². The van der Waals surface area contributed by atoms with E-state index >= 15 is 0 Å². The van der Waals surface area contributed by atoms with E-state index in [1.54, 1.807) is 18.9 Å². The van der Waals surface area contributed by atoms with Crippen molar-refractivity contribution in [2.75, 3.05) is 32.2 Å². The Bertz CT molecular complexity index is 386. The first-order valence-electron chi connectivity index (χ1n) is 6.17. The van der Waals surface area contributed by atoms with Crippen molar-refractivity contribution >= 4 is 17.6 Å². The zero-order chi connectivity index (χ0) is 12.8. The molecule has 0 aromatic carbocycles.